The Hall–Kier alpha value is -2.29. The van der Waals surface area contributed by atoms with Crippen LogP contribution < -0.4 is 5.32 Å². The molecule has 2 aromatic carbocycles. The highest BCUT2D eigenvalue weighted by Crippen LogP contribution is 2.20. The van der Waals surface area contributed by atoms with Gasteiger partial charge in [0.05, 0.1) is 17.6 Å². The summed E-state index contributed by atoms with van der Waals surface area (Å²) in [6.07, 6.45) is 0. The number of fused-ring (bicyclic) bond motifs is 1. The molecule has 0 radical (unpaired) electrons. The number of hydrogen-bond donors (Lipinski definition) is 1. The minimum Gasteiger partial charge on any atom is -0.378 e. The third-order valence-corrected chi connectivity index (χ3v) is 3.75. The van der Waals surface area contributed by atoms with E-state index in [4.69, 9.17) is 4.98 Å². The number of aryl methyl sites for hydroxylation is 1. The summed E-state index contributed by atoms with van der Waals surface area (Å²) in [6, 6.07) is 16.8. The Balaban J connectivity index is 1.93. The molecule has 22 heavy (non-hydrogen) atoms. The number of nitrogens with zero attached hydrogens (tertiary/aromatic N) is 2. The lowest BCUT2D eigenvalue weighted by atomic mass is 10.2. The highest BCUT2D eigenvalue weighted by molar-refractivity contribution is 5.77. The molecule has 3 rings (SSSR count). The average Bonchev–Trinajstić information content (AvgIpc) is 2.83. The van der Waals surface area contributed by atoms with Gasteiger partial charge in [0.2, 0.25) is 0 Å². The Bertz CT molecular complexity index is 757. The quantitative estimate of drug-likeness (QED) is 0.744. The van der Waals surface area contributed by atoms with Crippen molar-refractivity contribution in [2.45, 2.75) is 33.9 Å². The van der Waals surface area contributed by atoms with Crippen LogP contribution in [0.4, 0.5) is 5.69 Å². The number of para-hydroxylation sites is 1. The molecule has 1 heterocycles. The molecule has 0 unspecified atom stereocenters. The van der Waals surface area contributed by atoms with E-state index in [2.05, 4.69) is 61.0 Å². The molecule has 0 amide bonds. The van der Waals surface area contributed by atoms with Crippen molar-refractivity contribution in [3.63, 3.8) is 0 Å². The predicted octanol–water partition coefficient (Wildman–Crippen LogP) is 4.61. The summed E-state index contributed by atoms with van der Waals surface area (Å²) in [4.78, 5) is 4.82. The monoisotopic (exact) mass is 293 g/mol. The van der Waals surface area contributed by atoms with Gasteiger partial charge in [-0.15, -0.1) is 0 Å². The number of imidazole rings is 1. The Morgan fingerprint density at radius 3 is 2.59 bits per heavy atom. The number of hydrogen-bond acceptors (Lipinski definition) is 2. The van der Waals surface area contributed by atoms with Gasteiger partial charge in [-0.2, -0.15) is 0 Å². The van der Waals surface area contributed by atoms with E-state index in [0.717, 1.165) is 30.1 Å². The fraction of sp³-hybridized carbons (Fsp3) is 0.316. The zero-order valence-electron chi connectivity index (χ0n) is 13.5. The van der Waals surface area contributed by atoms with Gasteiger partial charge < -0.3 is 9.88 Å². The first-order valence-electron chi connectivity index (χ1n) is 7.88. The van der Waals surface area contributed by atoms with Crippen molar-refractivity contribution in [3.05, 3.63) is 59.9 Å². The molecule has 0 saturated heterocycles. The molecule has 3 heteroatoms. The topological polar surface area (TPSA) is 29.9 Å². The van der Waals surface area contributed by atoms with E-state index >= 15 is 0 Å². The van der Waals surface area contributed by atoms with E-state index in [-0.39, 0.29) is 0 Å². The van der Waals surface area contributed by atoms with Gasteiger partial charge in [0.15, 0.2) is 0 Å². The van der Waals surface area contributed by atoms with Gasteiger partial charge in [-0.25, -0.2) is 4.98 Å². The second-order valence-corrected chi connectivity index (χ2v) is 6.24. The lowest BCUT2D eigenvalue weighted by Gasteiger charge is -2.13. The van der Waals surface area contributed by atoms with Gasteiger partial charge in [0.25, 0.3) is 0 Å². The molecular weight excluding hydrogens is 270 g/mol. The Kier molecular flexibility index (Phi) is 4.14. The molecule has 114 valence electrons. The molecule has 3 nitrogen and oxygen atoms in total. The van der Waals surface area contributed by atoms with Crippen LogP contribution in [0.5, 0.6) is 0 Å². The summed E-state index contributed by atoms with van der Waals surface area (Å²) in [5, 5.41) is 3.47. The Labute approximate surface area is 132 Å². The summed E-state index contributed by atoms with van der Waals surface area (Å²) in [6.45, 7) is 8.36. The van der Waals surface area contributed by atoms with Crippen molar-refractivity contribution in [2.75, 3.05) is 5.32 Å². The molecular formula is C19H23N3. The minimum atomic E-state index is 0.591. The van der Waals surface area contributed by atoms with Crippen molar-refractivity contribution in [2.24, 2.45) is 5.92 Å². The summed E-state index contributed by atoms with van der Waals surface area (Å²) in [5.41, 5.74) is 4.72. The van der Waals surface area contributed by atoms with Crippen LogP contribution in [0, 0.1) is 12.8 Å². The second kappa shape index (κ2) is 6.22. The zero-order valence-corrected chi connectivity index (χ0v) is 13.5. The highest BCUT2D eigenvalue weighted by Gasteiger charge is 2.12. The molecule has 0 bridgehead atoms. The number of anilines is 1. The summed E-state index contributed by atoms with van der Waals surface area (Å²) in [7, 11) is 0. The fourth-order valence-electron chi connectivity index (χ4n) is 2.72. The SMILES string of the molecule is Cc1ccc2nc(CNc3ccccc3)n(CC(C)C)c2c1. The highest BCUT2D eigenvalue weighted by atomic mass is 15.1. The van der Waals surface area contributed by atoms with Gasteiger partial charge in [-0.1, -0.05) is 38.1 Å². The fourth-order valence-corrected chi connectivity index (χ4v) is 2.72. The molecule has 1 aromatic heterocycles. The lowest BCUT2D eigenvalue weighted by Crippen LogP contribution is -2.12. The van der Waals surface area contributed by atoms with Crippen LogP contribution in [-0.2, 0) is 13.1 Å². The van der Waals surface area contributed by atoms with Crippen LogP contribution in [0.3, 0.4) is 0 Å². The normalized spacial score (nSPS) is 11.3. The van der Waals surface area contributed by atoms with Crippen LogP contribution in [0.25, 0.3) is 11.0 Å². The van der Waals surface area contributed by atoms with Crippen molar-refractivity contribution in [1.29, 1.82) is 0 Å². The summed E-state index contributed by atoms with van der Waals surface area (Å²) >= 11 is 0. The largest absolute Gasteiger partial charge is 0.378 e. The van der Waals surface area contributed by atoms with Gasteiger partial charge >= 0.3 is 0 Å². The molecule has 0 atom stereocenters. The molecule has 0 aliphatic carbocycles. The van der Waals surface area contributed by atoms with E-state index in [1.165, 1.54) is 11.1 Å². The van der Waals surface area contributed by atoms with Crippen LogP contribution in [-0.4, -0.2) is 9.55 Å². The zero-order chi connectivity index (χ0) is 15.5. The number of aromatic nitrogens is 2. The first-order valence-corrected chi connectivity index (χ1v) is 7.88. The minimum absolute atomic E-state index is 0.591. The van der Waals surface area contributed by atoms with Crippen LogP contribution >= 0.6 is 0 Å². The standard InChI is InChI=1S/C19H23N3/c1-14(2)13-22-18-11-15(3)9-10-17(18)21-19(22)12-20-16-7-5-4-6-8-16/h4-11,14,20H,12-13H2,1-3H3. The van der Waals surface area contributed by atoms with E-state index in [9.17, 15) is 0 Å². The smallest absolute Gasteiger partial charge is 0.129 e. The van der Waals surface area contributed by atoms with Crippen molar-refractivity contribution < 1.29 is 0 Å². The third-order valence-electron chi connectivity index (χ3n) is 3.75. The van der Waals surface area contributed by atoms with Crippen molar-refractivity contribution >= 4 is 16.7 Å². The number of nitrogens with one attached hydrogen (secondary N) is 1. The maximum absolute atomic E-state index is 4.82. The van der Waals surface area contributed by atoms with Crippen molar-refractivity contribution in [1.82, 2.24) is 9.55 Å². The number of benzene rings is 2. The molecule has 0 aliphatic rings. The molecule has 3 aromatic rings. The van der Waals surface area contributed by atoms with Gasteiger partial charge in [0.1, 0.15) is 5.82 Å². The maximum Gasteiger partial charge on any atom is 0.129 e. The van der Waals surface area contributed by atoms with E-state index in [1.54, 1.807) is 0 Å². The second-order valence-electron chi connectivity index (χ2n) is 6.24. The average molecular weight is 293 g/mol. The van der Waals surface area contributed by atoms with E-state index in [0.29, 0.717) is 5.92 Å². The first kappa shape index (κ1) is 14.6. The molecule has 1 N–H and O–H groups in total. The van der Waals surface area contributed by atoms with Crippen LogP contribution in [0.15, 0.2) is 48.5 Å². The van der Waals surface area contributed by atoms with Crippen molar-refractivity contribution in [3.8, 4) is 0 Å². The molecule has 0 fully saturated rings. The van der Waals surface area contributed by atoms with Crippen LogP contribution in [0.1, 0.15) is 25.2 Å². The molecule has 0 saturated carbocycles. The molecule has 0 spiro atoms. The molecule has 0 aliphatic heterocycles. The van der Waals surface area contributed by atoms with Gasteiger partial charge in [-0.3, -0.25) is 0 Å². The van der Waals surface area contributed by atoms with E-state index < -0.39 is 0 Å². The van der Waals surface area contributed by atoms with E-state index in [1.807, 2.05) is 18.2 Å². The Morgan fingerprint density at radius 2 is 1.86 bits per heavy atom. The Morgan fingerprint density at radius 1 is 1.09 bits per heavy atom. The summed E-state index contributed by atoms with van der Waals surface area (Å²) < 4.78 is 2.35. The number of rotatable bonds is 5. The first-order chi connectivity index (χ1) is 10.6. The van der Waals surface area contributed by atoms with Gasteiger partial charge in [0, 0.05) is 12.2 Å². The third kappa shape index (κ3) is 3.14. The van der Waals surface area contributed by atoms with Gasteiger partial charge in [-0.05, 0) is 42.7 Å². The summed E-state index contributed by atoms with van der Waals surface area (Å²) in [5.74, 6) is 1.69. The van der Waals surface area contributed by atoms with Crippen LogP contribution in [0.2, 0.25) is 0 Å². The maximum atomic E-state index is 4.82. The lowest BCUT2D eigenvalue weighted by molar-refractivity contribution is 0.519. The predicted molar refractivity (Wildman–Crippen MR) is 93.1 cm³/mol.